The van der Waals surface area contributed by atoms with Gasteiger partial charge in [-0.25, -0.2) is 9.29 Å². The van der Waals surface area contributed by atoms with Gasteiger partial charge in [-0.1, -0.05) is 67.1 Å². The topological polar surface area (TPSA) is 49.4 Å². The summed E-state index contributed by atoms with van der Waals surface area (Å²) in [5.41, 5.74) is 2.97. The van der Waals surface area contributed by atoms with E-state index in [0.717, 1.165) is 40.2 Å². The average Bonchev–Trinajstić information content (AvgIpc) is 3.05. The van der Waals surface area contributed by atoms with Gasteiger partial charge in [-0.3, -0.25) is 9.59 Å². The first-order valence-electron chi connectivity index (χ1n) is 11.0. The number of rotatable bonds is 8. The number of aryl methyl sites for hydroxylation is 2. The van der Waals surface area contributed by atoms with E-state index >= 15 is 0 Å². The van der Waals surface area contributed by atoms with Crippen molar-refractivity contribution in [3.05, 3.63) is 100 Å². The molecule has 1 heterocycles. The maximum Gasteiger partial charge on any atom is 0.283 e. The molecule has 4 nitrogen and oxygen atoms in total. The number of anilines is 2. The molecule has 0 atom stereocenters. The van der Waals surface area contributed by atoms with E-state index in [4.69, 9.17) is 0 Å². The highest BCUT2D eigenvalue weighted by Gasteiger charge is 2.40. The summed E-state index contributed by atoms with van der Waals surface area (Å²) in [4.78, 5) is 29.0. The van der Waals surface area contributed by atoms with Crippen LogP contribution in [0, 0.1) is 12.7 Å². The van der Waals surface area contributed by atoms with E-state index in [9.17, 15) is 14.0 Å². The van der Waals surface area contributed by atoms with Crippen LogP contribution < -0.4 is 10.2 Å². The summed E-state index contributed by atoms with van der Waals surface area (Å²) in [5, 5.41) is 2.88. The molecule has 2 amide bonds. The van der Waals surface area contributed by atoms with Gasteiger partial charge in [0.2, 0.25) is 0 Å². The minimum atomic E-state index is -0.501. The molecule has 1 aliphatic heterocycles. The molecule has 0 unspecified atom stereocenters. The second kappa shape index (κ2) is 10.0. The van der Waals surface area contributed by atoms with E-state index < -0.39 is 17.6 Å². The highest BCUT2D eigenvalue weighted by Crippen LogP contribution is 2.38. The maximum atomic E-state index is 14.3. The Morgan fingerprint density at radius 1 is 0.909 bits per heavy atom. The van der Waals surface area contributed by atoms with Crippen molar-refractivity contribution in [2.24, 2.45) is 0 Å². The lowest BCUT2D eigenvalue weighted by Gasteiger charge is -2.16. The molecule has 0 fully saturated rings. The van der Waals surface area contributed by atoms with Crippen molar-refractivity contribution < 1.29 is 14.0 Å². The summed E-state index contributed by atoms with van der Waals surface area (Å²) >= 11 is 1.20. The Morgan fingerprint density at radius 3 is 2.27 bits per heavy atom. The molecule has 0 aromatic heterocycles. The van der Waals surface area contributed by atoms with Crippen molar-refractivity contribution in [3.8, 4) is 0 Å². The van der Waals surface area contributed by atoms with Crippen molar-refractivity contribution in [1.29, 1.82) is 0 Å². The SMILES string of the molecule is CCCCc1ccc(N2C(=O)C(Nc3ccccc3F)=C(Sc3ccc(C)cc3)C2=O)cc1. The lowest BCUT2D eigenvalue weighted by atomic mass is 10.1. The Balaban J connectivity index is 1.68. The Bertz CT molecular complexity index is 1200. The average molecular weight is 461 g/mol. The fourth-order valence-electron chi connectivity index (χ4n) is 3.56. The van der Waals surface area contributed by atoms with E-state index in [0.29, 0.717) is 5.69 Å². The third-order valence-corrected chi connectivity index (χ3v) is 6.52. The molecule has 0 aliphatic carbocycles. The number of unbranched alkanes of at least 4 members (excludes halogenated alkanes) is 1. The van der Waals surface area contributed by atoms with Crippen LogP contribution in [-0.4, -0.2) is 11.8 Å². The van der Waals surface area contributed by atoms with Crippen molar-refractivity contribution in [3.63, 3.8) is 0 Å². The largest absolute Gasteiger partial charge is 0.348 e. The maximum absolute atomic E-state index is 14.3. The Kier molecular flexibility index (Phi) is 6.94. The number of hydrogen-bond acceptors (Lipinski definition) is 4. The van der Waals surface area contributed by atoms with Crippen LogP contribution in [0.3, 0.4) is 0 Å². The van der Waals surface area contributed by atoms with Crippen LogP contribution in [0.25, 0.3) is 0 Å². The lowest BCUT2D eigenvalue weighted by molar-refractivity contribution is -0.120. The van der Waals surface area contributed by atoms with E-state index in [1.807, 2.05) is 43.3 Å². The van der Waals surface area contributed by atoms with E-state index in [2.05, 4.69) is 12.2 Å². The number of halogens is 1. The quantitative estimate of drug-likeness (QED) is 0.392. The predicted molar refractivity (Wildman–Crippen MR) is 132 cm³/mol. The number of imide groups is 1. The smallest absolute Gasteiger partial charge is 0.283 e. The highest BCUT2D eigenvalue weighted by molar-refractivity contribution is 8.04. The first-order valence-corrected chi connectivity index (χ1v) is 11.8. The molecule has 168 valence electrons. The third-order valence-electron chi connectivity index (χ3n) is 5.43. The number of nitrogens with one attached hydrogen (secondary N) is 1. The molecular weight excluding hydrogens is 435 g/mol. The van der Waals surface area contributed by atoms with E-state index in [1.165, 1.54) is 17.8 Å². The normalized spacial score (nSPS) is 13.7. The zero-order valence-electron chi connectivity index (χ0n) is 18.6. The molecule has 0 radical (unpaired) electrons. The van der Waals surface area contributed by atoms with Crippen LogP contribution in [0.4, 0.5) is 15.8 Å². The van der Waals surface area contributed by atoms with Crippen molar-refractivity contribution in [1.82, 2.24) is 0 Å². The number of amides is 2. The van der Waals surface area contributed by atoms with Gasteiger partial charge in [0.1, 0.15) is 16.4 Å². The van der Waals surface area contributed by atoms with Gasteiger partial charge in [0.05, 0.1) is 11.4 Å². The van der Waals surface area contributed by atoms with Crippen LogP contribution in [0.5, 0.6) is 0 Å². The Labute approximate surface area is 197 Å². The summed E-state index contributed by atoms with van der Waals surface area (Å²) in [6, 6.07) is 21.3. The fraction of sp³-hybridized carbons (Fsp3) is 0.185. The zero-order valence-corrected chi connectivity index (χ0v) is 19.4. The van der Waals surface area contributed by atoms with Gasteiger partial charge in [-0.2, -0.15) is 0 Å². The first-order chi connectivity index (χ1) is 16.0. The van der Waals surface area contributed by atoms with Gasteiger partial charge >= 0.3 is 0 Å². The molecule has 1 aliphatic rings. The molecule has 3 aromatic carbocycles. The number of hydrogen-bond donors (Lipinski definition) is 1. The van der Waals surface area contributed by atoms with E-state index in [1.54, 1.807) is 30.3 Å². The van der Waals surface area contributed by atoms with Gasteiger partial charge in [-0.15, -0.1) is 0 Å². The van der Waals surface area contributed by atoms with Crippen molar-refractivity contribution >= 4 is 35.0 Å². The number of carbonyl (C=O) groups is 2. The Hall–Kier alpha value is -3.38. The molecule has 0 saturated heterocycles. The summed E-state index contributed by atoms with van der Waals surface area (Å²) in [7, 11) is 0. The molecule has 6 heteroatoms. The molecule has 0 saturated carbocycles. The van der Waals surface area contributed by atoms with Crippen molar-refractivity contribution in [2.45, 2.75) is 38.0 Å². The molecule has 3 aromatic rings. The number of carbonyl (C=O) groups excluding carboxylic acids is 2. The summed E-state index contributed by atoms with van der Waals surface area (Å²) in [6.07, 6.45) is 3.13. The van der Waals surface area contributed by atoms with Crippen LogP contribution in [0.1, 0.15) is 30.9 Å². The number of nitrogens with zero attached hydrogens (tertiary/aromatic N) is 1. The molecule has 0 bridgehead atoms. The summed E-state index contributed by atoms with van der Waals surface area (Å²) < 4.78 is 14.3. The number of thioether (sulfide) groups is 1. The van der Waals surface area contributed by atoms with Crippen LogP contribution in [0.2, 0.25) is 0 Å². The van der Waals surface area contributed by atoms with Crippen molar-refractivity contribution in [2.75, 3.05) is 10.2 Å². The monoisotopic (exact) mass is 460 g/mol. The molecule has 33 heavy (non-hydrogen) atoms. The van der Waals surface area contributed by atoms with Gasteiger partial charge in [0, 0.05) is 4.90 Å². The second-order valence-corrected chi connectivity index (χ2v) is 9.02. The Morgan fingerprint density at radius 2 is 1.61 bits per heavy atom. The predicted octanol–water partition coefficient (Wildman–Crippen LogP) is 6.47. The summed E-state index contributed by atoms with van der Waals surface area (Å²) in [6.45, 7) is 4.12. The van der Waals surface area contributed by atoms with Crippen LogP contribution in [0.15, 0.2) is 88.3 Å². The van der Waals surface area contributed by atoms with Gasteiger partial charge in [-0.05, 0) is 61.7 Å². The van der Waals surface area contributed by atoms with Gasteiger partial charge < -0.3 is 5.32 Å². The third kappa shape index (κ3) is 5.01. The summed E-state index contributed by atoms with van der Waals surface area (Å²) in [5.74, 6) is -1.42. The molecule has 1 N–H and O–H groups in total. The number of para-hydroxylation sites is 1. The van der Waals surface area contributed by atoms with Gasteiger partial charge in [0.15, 0.2) is 0 Å². The second-order valence-electron chi connectivity index (χ2n) is 7.94. The minimum absolute atomic E-state index is 0.0748. The molecule has 4 rings (SSSR count). The highest BCUT2D eigenvalue weighted by atomic mass is 32.2. The first kappa shape index (κ1) is 22.8. The fourth-order valence-corrected chi connectivity index (χ4v) is 4.49. The minimum Gasteiger partial charge on any atom is -0.348 e. The number of benzene rings is 3. The van der Waals surface area contributed by atoms with Gasteiger partial charge in [0.25, 0.3) is 11.8 Å². The zero-order chi connectivity index (χ0) is 23.4. The standard InChI is InChI=1S/C27H25FN2O2S/c1-3-4-7-19-12-14-20(15-13-19)30-26(31)24(29-23-9-6-5-8-22(23)28)25(27(30)32)33-21-16-10-18(2)11-17-21/h5-6,8-17,29H,3-4,7H2,1-2H3. The lowest BCUT2D eigenvalue weighted by Crippen LogP contribution is -2.32. The van der Waals surface area contributed by atoms with Crippen LogP contribution >= 0.6 is 11.8 Å². The molecular formula is C27H25FN2O2S. The van der Waals surface area contributed by atoms with Crippen LogP contribution in [-0.2, 0) is 16.0 Å². The van der Waals surface area contributed by atoms with E-state index in [-0.39, 0.29) is 16.3 Å². The molecule has 0 spiro atoms.